The largest absolute Gasteiger partial charge is 0.467 e. The van der Waals surface area contributed by atoms with Crippen LogP contribution in [0.2, 0.25) is 5.28 Å². The molecule has 1 N–H and O–H groups in total. The number of aryl methyl sites for hydroxylation is 1. The van der Waals surface area contributed by atoms with E-state index in [-0.39, 0.29) is 11.3 Å². The van der Waals surface area contributed by atoms with Gasteiger partial charge in [0.1, 0.15) is 0 Å². The van der Waals surface area contributed by atoms with Crippen molar-refractivity contribution in [1.29, 1.82) is 0 Å². The normalized spacial score (nSPS) is 10.3. The number of halogens is 1. The van der Waals surface area contributed by atoms with Crippen LogP contribution in [0.5, 0.6) is 6.01 Å². The van der Waals surface area contributed by atoms with Crippen LogP contribution in [0.25, 0.3) is 0 Å². The molecule has 0 bridgehead atoms. The number of ether oxygens (including phenoxy) is 1. The fraction of sp³-hybridized carbons (Fsp3) is 0.333. The molecule has 0 unspecified atom stereocenters. The minimum absolute atomic E-state index is 0.0837. The number of hydrogen-bond acceptors (Lipinski definition) is 6. The fourth-order valence-electron chi connectivity index (χ4n) is 1.23. The maximum Gasteiger partial charge on any atom is 0.322 e. The quantitative estimate of drug-likeness (QED) is 0.873. The van der Waals surface area contributed by atoms with E-state index in [2.05, 4.69) is 25.4 Å². The first-order valence-corrected chi connectivity index (χ1v) is 5.23. The van der Waals surface area contributed by atoms with Crippen molar-refractivity contribution in [2.75, 3.05) is 12.4 Å². The molecule has 8 heteroatoms. The number of methoxy groups -OCH3 is 1. The Labute approximate surface area is 103 Å². The molecule has 2 aromatic heterocycles. The molecule has 0 aliphatic carbocycles. The van der Waals surface area contributed by atoms with Crippen LogP contribution in [0.4, 0.5) is 5.95 Å². The molecule has 0 saturated heterocycles. The first kappa shape index (κ1) is 11.6. The molecule has 0 saturated carbocycles. The van der Waals surface area contributed by atoms with Crippen LogP contribution in [0, 0.1) is 0 Å². The summed E-state index contributed by atoms with van der Waals surface area (Å²) in [5.74, 6) is 0.354. The van der Waals surface area contributed by atoms with Crippen molar-refractivity contribution in [2.45, 2.75) is 6.54 Å². The van der Waals surface area contributed by atoms with Gasteiger partial charge in [0.2, 0.25) is 11.2 Å². The monoisotopic (exact) mass is 254 g/mol. The highest BCUT2D eigenvalue weighted by Crippen LogP contribution is 2.11. The summed E-state index contributed by atoms with van der Waals surface area (Å²) in [4.78, 5) is 11.7. The lowest BCUT2D eigenvalue weighted by Crippen LogP contribution is -2.06. The minimum Gasteiger partial charge on any atom is -0.467 e. The van der Waals surface area contributed by atoms with Gasteiger partial charge in [-0.05, 0) is 17.7 Å². The molecule has 0 atom stereocenters. The maximum absolute atomic E-state index is 5.71. The zero-order chi connectivity index (χ0) is 12.3. The average Bonchev–Trinajstić information content (AvgIpc) is 2.72. The first-order valence-electron chi connectivity index (χ1n) is 4.85. The Morgan fingerprint density at radius 3 is 2.88 bits per heavy atom. The highest BCUT2D eigenvalue weighted by molar-refractivity contribution is 6.28. The average molecular weight is 255 g/mol. The molecule has 0 aliphatic heterocycles. The molecule has 0 fully saturated rings. The van der Waals surface area contributed by atoms with Crippen LogP contribution in [-0.2, 0) is 13.6 Å². The van der Waals surface area contributed by atoms with Crippen molar-refractivity contribution in [3.8, 4) is 6.01 Å². The lowest BCUT2D eigenvalue weighted by atomic mass is 10.4. The SMILES string of the molecule is COc1nc(Cl)nc(NCc2ccn(C)n2)n1. The maximum atomic E-state index is 5.71. The second kappa shape index (κ2) is 4.96. The summed E-state index contributed by atoms with van der Waals surface area (Å²) in [7, 11) is 3.32. The van der Waals surface area contributed by atoms with Gasteiger partial charge in [-0.2, -0.15) is 20.1 Å². The predicted octanol–water partition coefficient (Wildman–Crippen LogP) is 0.879. The summed E-state index contributed by atoms with van der Waals surface area (Å²) >= 11 is 5.71. The molecule has 0 aromatic carbocycles. The Kier molecular flexibility index (Phi) is 3.38. The lowest BCUT2D eigenvalue weighted by molar-refractivity contribution is 0.379. The smallest absolute Gasteiger partial charge is 0.322 e. The third-order valence-corrected chi connectivity index (χ3v) is 2.14. The topological polar surface area (TPSA) is 77.8 Å². The van der Waals surface area contributed by atoms with Gasteiger partial charge in [-0.3, -0.25) is 4.68 Å². The van der Waals surface area contributed by atoms with E-state index in [1.807, 2.05) is 19.3 Å². The van der Waals surface area contributed by atoms with Gasteiger partial charge in [0.25, 0.3) is 0 Å². The van der Waals surface area contributed by atoms with E-state index >= 15 is 0 Å². The van der Waals surface area contributed by atoms with Gasteiger partial charge in [0, 0.05) is 13.2 Å². The van der Waals surface area contributed by atoms with Gasteiger partial charge in [-0.15, -0.1) is 0 Å². The molecule has 0 radical (unpaired) electrons. The molecule has 7 nitrogen and oxygen atoms in total. The highest BCUT2D eigenvalue weighted by atomic mass is 35.5. The molecular formula is C9H11ClN6O. The number of rotatable bonds is 4. The Morgan fingerprint density at radius 1 is 1.41 bits per heavy atom. The summed E-state index contributed by atoms with van der Waals surface area (Å²) in [5.41, 5.74) is 0.878. The van der Waals surface area contributed by atoms with Crippen LogP contribution in [0.15, 0.2) is 12.3 Å². The number of aromatic nitrogens is 5. The predicted molar refractivity (Wildman–Crippen MR) is 61.9 cm³/mol. The fourth-order valence-corrected chi connectivity index (χ4v) is 1.38. The van der Waals surface area contributed by atoms with Crippen LogP contribution >= 0.6 is 11.6 Å². The molecule has 90 valence electrons. The van der Waals surface area contributed by atoms with E-state index in [4.69, 9.17) is 16.3 Å². The van der Waals surface area contributed by atoms with Crippen molar-refractivity contribution in [2.24, 2.45) is 7.05 Å². The van der Waals surface area contributed by atoms with Crippen LogP contribution in [-0.4, -0.2) is 31.8 Å². The second-order valence-corrected chi connectivity index (χ2v) is 3.59. The second-order valence-electron chi connectivity index (χ2n) is 3.25. The Morgan fingerprint density at radius 2 is 2.24 bits per heavy atom. The van der Waals surface area contributed by atoms with E-state index in [0.717, 1.165) is 5.69 Å². The first-order chi connectivity index (χ1) is 8.17. The molecule has 2 heterocycles. The zero-order valence-corrected chi connectivity index (χ0v) is 10.1. The van der Waals surface area contributed by atoms with Gasteiger partial charge in [-0.25, -0.2) is 0 Å². The number of nitrogens with zero attached hydrogens (tertiary/aromatic N) is 5. The molecule has 2 aromatic rings. The molecule has 17 heavy (non-hydrogen) atoms. The van der Waals surface area contributed by atoms with E-state index in [1.54, 1.807) is 4.68 Å². The molecule has 0 aliphatic rings. The standard InChI is InChI=1S/C9H11ClN6O/c1-16-4-3-6(15-16)5-11-8-12-7(10)13-9(14-8)17-2/h3-4H,5H2,1-2H3,(H,11,12,13,14). The molecule has 2 rings (SSSR count). The van der Waals surface area contributed by atoms with E-state index in [1.165, 1.54) is 7.11 Å². The van der Waals surface area contributed by atoms with E-state index < -0.39 is 0 Å². The van der Waals surface area contributed by atoms with Crippen LogP contribution in [0.3, 0.4) is 0 Å². The van der Waals surface area contributed by atoms with E-state index in [9.17, 15) is 0 Å². The Balaban J connectivity index is 2.05. The van der Waals surface area contributed by atoms with Gasteiger partial charge in [-0.1, -0.05) is 0 Å². The van der Waals surface area contributed by atoms with Gasteiger partial charge in [0.15, 0.2) is 0 Å². The van der Waals surface area contributed by atoms with Crippen molar-refractivity contribution in [1.82, 2.24) is 24.7 Å². The van der Waals surface area contributed by atoms with Gasteiger partial charge < -0.3 is 10.1 Å². The third kappa shape index (κ3) is 3.04. The Bertz CT molecular complexity index is 514. The summed E-state index contributed by atoms with van der Waals surface area (Å²) in [5, 5.41) is 7.28. The minimum atomic E-state index is 0.0837. The van der Waals surface area contributed by atoms with Crippen molar-refractivity contribution < 1.29 is 4.74 Å². The molecule has 0 amide bonds. The third-order valence-electron chi connectivity index (χ3n) is 1.97. The Hall–Kier alpha value is -1.89. The van der Waals surface area contributed by atoms with Crippen molar-refractivity contribution in [3.05, 3.63) is 23.2 Å². The summed E-state index contributed by atoms with van der Waals surface area (Å²) in [6.07, 6.45) is 1.86. The molecule has 0 spiro atoms. The van der Waals surface area contributed by atoms with Gasteiger partial charge >= 0.3 is 6.01 Å². The summed E-state index contributed by atoms with van der Waals surface area (Å²) in [6, 6.07) is 2.07. The lowest BCUT2D eigenvalue weighted by Gasteiger charge is -2.04. The summed E-state index contributed by atoms with van der Waals surface area (Å²) in [6.45, 7) is 0.504. The van der Waals surface area contributed by atoms with Crippen molar-refractivity contribution >= 4 is 17.5 Å². The number of nitrogens with one attached hydrogen (secondary N) is 1. The number of anilines is 1. The van der Waals surface area contributed by atoms with Gasteiger partial charge in [0.05, 0.1) is 19.3 Å². The highest BCUT2D eigenvalue weighted by Gasteiger charge is 2.05. The van der Waals surface area contributed by atoms with E-state index in [0.29, 0.717) is 12.5 Å². The molecular weight excluding hydrogens is 244 g/mol. The van der Waals surface area contributed by atoms with Crippen LogP contribution in [0.1, 0.15) is 5.69 Å². The summed E-state index contributed by atoms with van der Waals surface area (Å²) < 4.78 is 6.61. The number of hydrogen-bond donors (Lipinski definition) is 1. The van der Waals surface area contributed by atoms with Crippen LogP contribution < -0.4 is 10.1 Å². The van der Waals surface area contributed by atoms with Crippen molar-refractivity contribution in [3.63, 3.8) is 0 Å². The zero-order valence-electron chi connectivity index (χ0n) is 9.38.